The van der Waals surface area contributed by atoms with Gasteiger partial charge < -0.3 is 86.7 Å². The van der Waals surface area contributed by atoms with Crippen LogP contribution in [0.2, 0.25) is 0 Å². The van der Waals surface area contributed by atoms with Crippen LogP contribution in [0.5, 0.6) is 0 Å². The molecule has 0 saturated carbocycles. The fraction of sp³-hybridized carbons (Fsp3) is 1.00. The van der Waals surface area contributed by atoms with Gasteiger partial charge >= 0.3 is 0 Å². The Kier molecular flexibility index (Phi) is 10.6. The van der Waals surface area contributed by atoms with Crippen molar-refractivity contribution in [3.8, 4) is 0 Å². The minimum atomic E-state index is -1.58. The molecule has 17 heteroatoms. The Morgan fingerprint density at radius 3 is 1.20 bits per heavy atom. The van der Waals surface area contributed by atoms with E-state index >= 15 is 0 Å². The average Bonchev–Trinajstić information content (AvgIpc) is 2.92. The average molecular weight is 599 g/mol. The first kappa shape index (κ1) is 33.2. The van der Waals surface area contributed by atoms with Gasteiger partial charge in [0, 0.05) is 0 Å². The van der Waals surface area contributed by atoms with E-state index < -0.39 is 123 Å². The Hall–Kier alpha value is -0.680. The van der Waals surface area contributed by atoms with Crippen molar-refractivity contribution in [1.82, 2.24) is 0 Å². The summed E-state index contributed by atoms with van der Waals surface area (Å²) in [5.74, 6) is 0. The summed E-state index contributed by atoms with van der Waals surface area (Å²) in [4.78, 5) is 0. The van der Waals surface area contributed by atoms with Crippen LogP contribution in [0.3, 0.4) is 0 Å². The highest BCUT2D eigenvalue weighted by Gasteiger charge is 2.53. The smallest absolute Gasteiger partial charge is 0.187 e. The second-order valence-corrected chi connectivity index (χ2v) is 11.4. The predicted octanol–water partition coefficient (Wildman–Crippen LogP) is -5.77. The summed E-state index contributed by atoms with van der Waals surface area (Å²) in [6.45, 7) is 6.34. The van der Waals surface area contributed by atoms with E-state index in [9.17, 15) is 30.6 Å². The maximum Gasteiger partial charge on any atom is 0.187 e. The molecular formula is C24H46N4O13. The van der Waals surface area contributed by atoms with Gasteiger partial charge in [0.25, 0.3) is 0 Å². The molecule has 0 aromatic rings. The van der Waals surface area contributed by atoms with Crippen LogP contribution in [0.1, 0.15) is 27.7 Å². The van der Waals surface area contributed by atoms with E-state index in [1.54, 1.807) is 27.7 Å². The van der Waals surface area contributed by atoms with Gasteiger partial charge in [0.2, 0.25) is 0 Å². The van der Waals surface area contributed by atoms with Crippen molar-refractivity contribution in [2.24, 2.45) is 22.9 Å². The molecule has 0 aromatic heterocycles. The molecule has 4 aliphatic heterocycles. The summed E-state index contributed by atoms with van der Waals surface area (Å²) in [7, 11) is 0. The SMILES string of the molecule is C[C@H]1O[C@H](O[C@@H]2[C@@H](O[C@@H]3[C@@H](O[C@H]4[C@@H](O)[C@H](N)[C@@H](C)O[C@@H]4O)O[C@H](C)[C@@H](N)[C@@H]3O)O[C@H](C)[C@@H](N)[C@@H]2O)[C@@H](O)[C@@H](O)[C@@H]1N. The molecule has 4 fully saturated rings. The standard InChI is InChI=1S/C24H46N4O13/c1-5-10(26)14(30)18(21(34)35-5)39-23-20(16(32)12(28)7(3)37-23)41-24-19(15(31)11(27)8(4)38-24)40-22-17(33)13(29)9(25)6(2)36-22/h5-24,29-34H,25-28H2,1-4H3/t5-,6-,7-,8-,9-,10-,11-,12-,13+,14+,15+,16+,17+,18+,19+,20+,21+,22-,23-,24-/m1/s1. The third-order valence-electron chi connectivity index (χ3n) is 8.48. The van der Waals surface area contributed by atoms with Gasteiger partial charge in [-0.15, -0.1) is 0 Å². The number of rotatable bonds is 6. The summed E-state index contributed by atoms with van der Waals surface area (Å²) < 4.78 is 40.6. The Labute approximate surface area is 237 Å². The zero-order valence-corrected chi connectivity index (χ0v) is 23.4. The second-order valence-electron chi connectivity index (χ2n) is 11.4. The van der Waals surface area contributed by atoms with E-state index in [1.807, 2.05) is 0 Å². The van der Waals surface area contributed by atoms with E-state index in [4.69, 9.17) is 56.1 Å². The molecule has 4 aliphatic rings. The Bertz CT molecular complexity index is 866. The first-order chi connectivity index (χ1) is 19.1. The quantitative estimate of drug-likeness (QED) is 0.136. The van der Waals surface area contributed by atoms with Crippen LogP contribution >= 0.6 is 0 Å². The van der Waals surface area contributed by atoms with Gasteiger partial charge in [-0.1, -0.05) is 0 Å². The van der Waals surface area contributed by atoms with E-state index in [1.165, 1.54) is 0 Å². The van der Waals surface area contributed by atoms with Gasteiger partial charge in [-0.05, 0) is 27.7 Å². The molecule has 0 aliphatic carbocycles. The fourth-order valence-corrected chi connectivity index (χ4v) is 5.41. The Balaban J connectivity index is 1.57. The van der Waals surface area contributed by atoms with E-state index in [2.05, 4.69) is 0 Å². The molecule has 41 heavy (non-hydrogen) atoms. The van der Waals surface area contributed by atoms with Crippen molar-refractivity contribution in [2.45, 2.75) is 150 Å². The number of aliphatic hydroxyl groups excluding tert-OH is 6. The first-order valence-electron chi connectivity index (χ1n) is 13.8. The third kappa shape index (κ3) is 6.57. The van der Waals surface area contributed by atoms with Gasteiger partial charge in [-0.25, -0.2) is 0 Å². The molecule has 20 atom stereocenters. The molecule has 4 saturated heterocycles. The second kappa shape index (κ2) is 13.1. The monoisotopic (exact) mass is 598 g/mol. The van der Waals surface area contributed by atoms with Gasteiger partial charge in [0.15, 0.2) is 25.2 Å². The number of aliphatic hydroxyl groups is 6. The molecule has 240 valence electrons. The molecule has 0 bridgehead atoms. The van der Waals surface area contributed by atoms with Crippen molar-refractivity contribution in [3.63, 3.8) is 0 Å². The highest BCUT2D eigenvalue weighted by Crippen LogP contribution is 2.33. The largest absolute Gasteiger partial charge is 0.388 e. The Morgan fingerprint density at radius 2 is 0.732 bits per heavy atom. The zero-order valence-electron chi connectivity index (χ0n) is 23.4. The van der Waals surface area contributed by atoms with Crippen LogP contribution in [0.4, 0.5) is 0 Å². The van der Waals surface area contributed by atoms with Crippen LogP contribution in [-0.4, -0.2) is 153 Å². The third-order valence-corrected chi connectivity index (χ3v) is 8.48. The van der Waals surface area contributed by atoms with E-state index in [0.29, 0.717) is 0 Å². The summed E-state index contributed by atoms with van der Waals surface area (Å²) in [5.41, 5.74) is 24.1. The van der Waals surface area contributed by atoms with Crippen LogP contribution in [0.15, 0.2) is 0 Å². The lowest BCUT2D eigenvalue weighted by Crippen LogP contribution is -2.69. The minimum Gasteiger partial charge on any atom is -0.388 e. The summed E-state index contributed by atoms with van der Waals surface area (Å²) in [6.07, 6.45) is -20.3. The Morgan fingerprint density at radius 1 is 0.415 bits per heavy atom. The number of hydrogen-bond donors (Lipinski definition) is 10. The van der Waals surface area contributed by atoms with Crippen LogP contribution in [0, 0.1) is 0 Å². The minimum absolute atomic E-state index is 0.675. The molecule has 0 spiro atoms. The molecule has 17 nitrogen and oxygen atoms in total. The van der Waals surface area contributed by atoms with Crippen LogP contribution < -0.4 is 22.9 Å². The predicted molar refractivity (Wildman–Crippen MR) is 136 cm³/mol. The van der Waals surface area contributed by atoms with Gasteiger partial charge in [0.1, 0.15) is 48.8 Å². The van der Waals surface area contributed by atoms with Crippen LogP contribution in [-0.2, 0) is 33.2 Å². The molecule has 0 aromatic carbocycles. The van der Waals surface area contributed by atoms with Crippen molar-refractivity contribution in [1.29, 1.82) is 0 Å². The molecule has 4 rings (SSSR count). The van der Waals surface area contributed by atoms with E-state index in [0.717, 1.165) is 0 Å². The van der Waals surface area contributed by atoms with Crippen molar-refractivity contribution in [2.75, 3.05) is 0 Å². The van der Waals surface area contributed by atoms with Gasteiger partial charge in [-0.2, -0.15) is 0 Å². The molecule has 0 unspecified atom stereocenters. The van der Waals surface area contributed by atoms with Gasteiger partial charge in [0.05, 0.1) is 48.6 Å². The van der Waals surface area contributed by atoms with Gasteiger partial charge in [-0.3, -0.25) is 0 Å². The molecule has 14 N–H and O–H groups in total. The summed E-state index contributed by atoms with van der Waals surface area (Å²) >= 11 is 0. The highest BCUT2D eigenvalue weighted by molar-refractivity contribution is 4.98. The number of hydrogen-bond acceptors (Lipinski definition) is 17. The van der Waals surface area contributed by atoms with Crippen LogP contribution in [0.25, 0.3) is 0 Å². The zero-order chi connectivity index (χ0) is 30.5. The maximum atomic E-state index is 11.1. The van der Waals surface area contributed by atoms with Crippen molar-refractivity contribution < 1.29 is 63.8 Å². The van der Waals surface area contributed by atoms with Crippen molar-refractivity contribution in [3.05, 3.63) is 0 Å². The fourth-order valence-electron chi connectivity index (χ4n) is 5.41. The lowest BCUT2D eigenvalue weighted by molar-refractivity contribution is -0.385. The lowest BCUT2D eigenvalue weighted by Gasteiger charge is -2.49. The summed E-state index contributed by atoms with van der Waals surface area (Å²) in [5, 5.41) is 64.2. The lowest BCUT2D eigenvalue weighted by atomic mass is 9.95. The number of ether oxygens (including phenoxy) is 7. The molecule has 4 heterocycles. The highest BCUT2D eigenvalue weighted by atomic mass is 16.8. The molecule has 0 amide bonds. The first-order valence-corrected chi connectivity index (χ1v) is 13.8. The number of nitrogens with two attached hydrogens (primary N) is 4. The normalized spacial score (nSPS) is 56.9. The molecule has 0 radical (unpaired) electrons. The van der Waals surface area contributed by atoms with Crippen molar-refractivity contribution >= 4 is 0 Å². The maximum absolute atomic E-state index is 11.1. The molecular weight excluding hydrogens is 552 g/mol. The van der Waals surface area contributed by atoms with E-state index in [-0.39, 0.29) is 0 Å². The topological polar surface area (TPSA) is 290 Å². The summed E-state index contributed by atoms with van der Waals surface area (Å²) in [6, 6.07) is -3.72.